The van der Waals surface area contributed by atoms with Gasteiger partial charge in [0.1, 0.15) is 5.76 Å². The zero-order valence-corrected chi connectivity index (χ0v) is 13.9. The van der Waals surface area contributed by atoms with Crippen molar-refractivity contribution in [2.45, 2.75) is 43.9 Å². The van der Waals surface area contributed by atoms with Crippen molar-refractivity contribution >= 4 is 11.6 Å². The van der Waals surface area contributed by atoms with Gasteiger partial charge in [0, 0.05) is 10.4 Å². The van der Waals surface area contributed by atoms with Gasteiger partial charge < -0.3 is 4.74 Å². The Morgan fingerprint density at radius 2 is 1.77 bits per heavy atom. The second-order valence-corrected chi connectivity index (χ2v) is 6.57. The summed E-state index contributed by atoms with van der Waals surface area (Å²) in [7, 11) is 1.73. The predicted molar refractivity (Wildman–Crippen MR) is 93.1 cm³/mol. The highest BCUT2D eigenvalue weighted by Gasteiger charge is 2.37. The van der Waals surface area contributed by atoms with Gasteiger partial charge in [-0.3, -0.25) is 0 Å². The second kappa shape index (κ2) is 6.75. The highest BCUT2D eigenvalue weighted by molar-refractivity contribution is 6.31. The normalized spacial score (nSPS) is 20.8. The molecule has 3 rings (SSSR count). The van der Waals surface area contributed by atoms with Crippen LogP contribution in [0.15, 0.2) is 59.9 Å². The summed E-state index contributed by atoms with van der Waals surface area (Å²) in [5.41, 5.74) is 2.74. The summed E-state index contributed by atoms with van der Waals surface area (Å²) in [5.74, 6) is 0.941. The lowest BCUT2D eigenvalue weighted by molar-refractivity contribution is 0.305. The number of rotatable bonds is 3. The lowest BCUT2D eigenvalue weighted by atomic mass is 9.64. The summed E-state index contributed by atoms with van der Waals surface area (Å²) in [6.45, 7) is 0. The molecule has 0 bridgehead atoms. The van der Waals surface area contributed by atoms with E-state index in [1.165, 1.54) is 43.2 Å². The van der Waals surface area contributed by atoms with Gasteiger partial charge in [0.2, 0.25) is 0 Å². The van der Waals surface area contributed by atoms with Crippen molar-refractivity contribution in [3.8, 4) is 0 Å². The van der Waals surface area contributed by atoms with E-state index in [-0.39, 0.29) is 5.41 Å². The van der Waals surface area contributed by atoms with Crippen LogP contribution in [0.4, 0.5) is 0 Å². The standard InChI is InChI=1S/C20H23ClO/c1-22-17-9-7-8-16(12-13-17)20(14-5-2-6-15-20)18-10-3-4-11-19(18)21/h3-4,8-13H,2,5-7,14-15H2,1H3. The van der Waals surface area contributed by atoms with Gasteiger partial charge >= 0.3 is 0 Å². The second-order valence-electron chi connectivity index (χ2n) is 6.16. The summed E-state index contributed by atoms with van der Waals surface area (Å²) < 4.78 is 5.38. The van der Waals surface area contributed by atoms with Crippen molar-refractivity contribution in [1.29, 1.82) is 0 Å². The van der Waals surface area contributed by atoms with Crippen molar-refractivity contribution in [2.24, 2.45) is 0 Å². The Labute approximate surface area is 138 Å². The number of halogens is 1. The van der Waals surface area contributed by atoms with Gasteiger partial charge in [-0.1, -0.05) is 61.2 Å². The van der Waals surface area contributed by atoms with E-state index in [1.54, 1.807) is 7.11 Å². The first-order valence-electron chi connectivity index (χ1n) is 8.14. The minimum absolute atomic E-state index is 0.0596. The Morgan fingerprint density at radius 1 is 1.00 bits per heavy atom. The van der Waals surface area contributed by atoms with E-state index in [4.69, 9.17) is 16.3 Å². The number of hydrogen-bond acceptors (Lipinski definition) is 1. The molecule has 2 aliphatic rings. The summed E-state index contributed by atoms with van der Waals surface area (Å²) >= 11 is 6.57. The van der Waals surface area contributed by atoms with Gasteiger partial charge in [-0.15, -0.1) is 0 Å². The van der Waals surface area contributed by atoms with Crippen LogP contribution in [0, 0.1) is 0 Å². The third-order valence-electron chi connectivity index (χ3n) is 4.97. The molecule has 0 amide bonds. The molecular formula is C20H23ClO. The Morgan fingerprint density at radius 3 is 2.50 bits per heavy atom. The number of methoxy groups -OCH3 is 1. The lowest BCUT2D eigenvalue weighted by Crippen LogP contribution is -2.31. The smallest absolute Gasteiger partial charge is 0.115 e. The van der Waals surface area contributed by atoms with Crippen molar-refractivity contribution in [3.05, 3.63) is 70.5 Å². The largest absolute Gasteiger partial charge is 0.497 e. The molecule has 0 spiro atoms. The molecule has 0 aromatic heterocycles. The molecule has 0 radical (unpaired) electrons. The Kier molecular flexibility index (Phi) is 4.73. The summed E-state index contributed by atoms with van der Waals surface area (Å²) in [4.78, 5) is 0. The van der Waals surface area contributed by atoms with E-state index in [0.717, 1.165) is 17.2 Å². The molecule has 0 N–H and O–H groups in total. The molecule has 0 heterocycles. The molecule has 0 unspecified atom stereocenters. The third kappa shape index (κ3) is 2.87. The fourth-order valence-corrected chi connectivity index (χ4v) is 4.15. The molecule has 1 aromatic carbocycles. The SMILES string of the molecule is COC1=CCC=C(C2(c3ccccc3Cl)CCCCC2)C=C1. The van der Waals surface area contributed by atoms with Crippen LogP contribution in [0.5, 0.6) is 0 Å². The van der Waals surface area contributed by atoms with Crippen LogP contribution in [-0.2, 0) is 10.2 Å². The summed E-state index contributed by atoms with van der Waals surface area (Å²) in [5, 5.41) is 0.892. The molecule has 0 aliphatic heterocycles. The zero-order chi connectivity index (χ0) is 15.4. The van der Waals surface area contributed by atoms with E-state index >= 15 is 0 Å². The van der Waals surface area contributed by atoms with Gasteiger partial charge in [0.15, 0.2) is 0 Å². The number of ether oxygens (including phenoxy) is 1. The number of allylic oxidation sites excluding steroid dienone is 5. The Bertz CT molecular complexity index is 618. The maximum absolute atomic E-state index is 6.57. The molecule has 0 saturated heterocycles. The molecule has 0 atom stereocenters. The van der Waals surface area contributed by atoms with Crippen molar-refractivity contribution in [1.82, 2.24) is 0 Å². The Balaban J connectivity index is 2.04. The molecule has 1 fully saturated rings. The fraction of sp³-hybridized carbons (Fsp3) is 0.400. The molecule has 22 heavy (non-hydrogen) atoms. The van der Waals surface area contributed by atoms with Crippen LogP contribution in [0.25, 0.3) is 0 Å². The van der Waals surface area contributed by atoms with E-state index < -0.39 is 0 Å². The van der Waals surface area contributed by atoms with Crippen LogP contribution in [0.3, 0.4) is 0 Å². The van der Waals surface area contributed by atoms with E-state index in [9.17, 15) is 0 Å². The highest BCUT2D eigenvalue weighted by Crippen LogP contribution is 2.48. The van der Waals surface area contributed by atoms with E-state index in [1.807, 2.05) is 12.1 Å². The third-order valence-corrected chi connectivity index (χ3v) is 5.30. The number of benzene rings is 1. The summed E-state index contributed by atoms with van der Waals surface area (Å²) in [6, 6.07) is 8.35. The van der Waals surface area contributed by atoms with Gasteiger partial charge in [-0.05, 0) is 48.6 Å². The monoisotopic (exact) mass is 314 g/mol. The number of hydrogen-bond donors (Lipinski definition) is 0. The molecule has 2 aliphatic carbocycles. The molecule has 2 heteroatoms. The predicted octanol–water partition coefficient (Wildman–Crippen LogP) is 5.96. The van der Waals surface area contributed by atoms with Crippen LogP contribution in [0.1, 0.15) is 44.1 Å². The van der Waals surface area contributed by atoms with Crippen LogP contribution >= 0.6 is 11.6 Å². The average molecular weight is 315 g/mol. The quantitative estimate of drug-likeness (QED) is 0.669. The van der Waals surface area contributed by atoms with Crippen LogP contribution in [0.2, 0.25) is 5.02 Å². The van der Waals surface area contributed by atoms with Gasteiger partial charge in [-0.25, -0.2) is 0 Å². The summed E-state index contributed by atoms with van der Waals surface area (Å²) in [6.07, 6.45) is 15.9. The molecule has 116 valence electrons. The minimum atomic E-state index is 0.0596. The van der Waals surface area contributed by atoms with Crippen molar-refractivity contribution in [2.75, 3.05) is 7.11 Å². The maximum Gasteiger partial charge on any atom is 0.115 e. The van der Waals surface area contributed by atoms with Crippen LogP contribution in [-0.4, -0.2) is 7.11 Å². The van der Waals surface area contributed by atoms with Gasteiger partial charge in [0.05, 0.1) is 7.11 Å². The van der Waals surface area contributed by atoms with Gasteiger partial charge in [-0.2, -0.15) is 0 Å². The average Bonchev–Trinajstić information content (AvgIpc) is 2.82. The minimum Gasteiger partial charge on any atom is -0.497 e. The first-order chi connectivity index (χ1) is 10.8. The van der Waals surface area contributed by atoms with E-state index in [0.29, 0.717) is 0 Å². The Hall–Kier alpha value is -1.47. The fourth-order valence-electron chi connectivity index (χ4n) is 3.83. The molecule has 1 nitrogen and oxygen atoms in total. The first kappa shape index (κ1) is 15.4. The molecular weight excluding hydrogens is 292 g/mol. The molecule has 1 aromatic rings. The first-order valence-corrected chi connectivity index (χ1v) is 8.52. The zero-order valence-electron chi connectivity index (χ0n) is 13.1. The highest BCUT2D eigenvalue weighted by atomic mass is 35.5. The molecule has 1 saturated carbocycles. The van der Waals surface area contributed by atoms with E-state index in [2.05, 4.69) is 36.4 Å². The maximum atomic E-state index is 6.57. The van der Waals surface area contributed by atoms with Crippen LogP contribution < -0.4 is 0 Å². The van der Waals surface area contributed by atoms with Gasteiger partial charge in [0.25, 0.3) is 0 Å². The van der Waals surface area contributed by atoms with Crippen molar-refractivity contribution < 1.29 is 4.74 Å². The lowest BCUT2D eigenvalue weighted by Gasteiger charge is -2.40. The van der Waals surface area contributed by atoms with Crippen molar-refractivity contribution in [3.63, 3.8) is 0 Å². The topological polar surface area (TPSA) is 9.23 Å².